The van der Waals surface area contributed by atoms with Gasteiger partial charge < -0.3 is 16.0 Å². The highest BCUT2D eigenvalue weighted by Crippen LogP contribution is 2.63. The summed E-state index contributed by atoms with van der Waals surface area (Å²) in [6, 6.07) is 6.37. The van der Waals surface area contributed by atoms with Gasteiger partial charge in [0, 0.05) is 53.5 Å². The van der Waals surface area contributed by atoms with Crippen molar-refractivity contribution in [2.45, 2.75) is 69.7 Å². The fraction of sp³-hybridized carbons (Fsp3) is 0.567. The van der Waals surface area contributed by atoms with E-state index in [1.54, 1.807) is 0 Å². The molecular weight excluding hydrogens is 460 g/mol. The number of nitrogens with one attached hydrogen (secondary N) is 1. The first kappa shape index (κ1) is 24.3. The van der Waals surface area contributed by atoms with E-state index in [9.17, 15) is 10.3 Å². The van der Waals surface area contributed by atoms with Crippen molar-refractivity contribution in [1.29, 1.82) is 0 Å². The number of hydrogen-bond donors (Lipinski definition) is 2. The molecule has 0 spiro atoms. The highest BCUT2D eigenvalue weighted by molar-refractivity contribution is 5.94. The van der Waals surface area contributed by atoms with E-state index in [2.05, 4.69) is 52.8 Å². The number of allylic oxidation sites excluding steroid dienone is 3. The van der Waals surface area contributed by atoms with Gasteiger partial charge in [-0.05, 0) is 109 Å². The van der Waals surface area contributed by atoms with Crippen LogP contribution >= 0.6 is 0 Å². The molecule has 3 aliphatic carbocycles. The Morgan fingerprint density at radius 1 is 1.30 bits per heavy atom. The summed E-state index contributed by atoms with van der Waals surface area (Å²) in [5, 5.41) is 7.63. The van der Waals surface area contributed by atoms with Crippen molar-refractivity contribution in [2.24, 2.45) is 22.2 Å². The summed E-state index contributed by atoms with van der Waals surface area (Å²) >= 11 is 0. The van der Waals surface area contributed by atoms with Gasteiger partial charge in [-0.15, -0.1) is 0 Å². The topological polar surface area (TPSA) is 107 Å². The Balaban J connectivity index is 1.33. The van der Waals surface area contributed by atoms with Crippen LogP contribution in [0.25, 0.3) is 10.4 Å². The molecule has 1 saturated heterocycles. The minimum absolute atomic E-state index is 0.168. The lowest BCUT2D eigenvalue weighted by Gasteiger charge is -2.57. The van der Waals surface area contributed by atoms with E-state index >= 15 is 0 Å². The van der Waals surface area contributed by atoms with Gasteiger partial charge in [0.2, 0.25) is 0 Å². The molecule has 1 aromatic carbocycles. The van der Waals surface area contributed by atoms with Crippen molar-refractivity contribution in [1.82, 2.24) is 10.2 Å². The van der Waals surface area contributed by atoms with Crippen molar-refractivity contribution in [3.63, 3.8) is 0 Å². The maximum absolute atomic E-state index is 13.0. The minimum atomic E-state index is -0.360. The van der Waals surface area contributed by atoms with Crippen molar-refractivity contribution < 1.29 is 4.79 Å². The van der Waals surface area contributed by atoms with Crippen LogP contribution in [0.2, 0.25) is 0 Å². The molecule has 0 aromatic heterocycles. The van der Waals surface area contributed by atoms with E-state index in [1.807, 2.05) is 11.0 Å². The molecule has 1 amide bonds. The van der Waals surface area contributed by atoms with Crippen molar-refractivity contribution in [2.75, 3.05) is 26.2 Å². The van der Waals surface area contributed by atoms with Gasteiger partial charge in [0.15, 0.2) is 0 Å². The Morgan fingerprint density at radius 3 is 2.92 bits per heavy atom. The van der Waals surface area contributed by atoms with E-state index in [0.29, 0.717) is 6.54 Å². The molecule has 2 unspecified atom stereocenters. The van der Waals surface area contributed by atoms with Crippen molar-refractivity contribution >= 4 is 5.91 Å². The summed E-state index contributed by atoms with van der Waals surface area (Å²) < 4.78 is 0. The number of amides is 1. The van der Waals surface area contributed by atoms with Crippen LogP contribution in [-0.2, 0) is 6.42 Å². The number of dihydropyridines is 1. The third-order valence-electron chi connectivity index (χ3n) is 10.0. The Hall–Kier alpha value is -3.02. The first-order chi connectivity index (χ1) is 18.0. The Kier molecular flexibility index (Phi) is 6.16. The zero-order valence-electron chi connectivity index (χ0n) is 21.9. The van der Waals surface area contributed by atoms with Crippen LogP contribution in [-0.4, -0.2) is 42.5 Å². The molecule has 1 saturated carbocycles. The molecular formula is C30H38N6O. The summed E-state index contributed by atoms with van der Waals surface area (Å²) in [6.45, 7) is 5.19. The number of azide groups is 1. The largest absolute Gasteiger partial charge is 0.387 e. The standard InChI is InChI=1S/C30H38N6O/c1-2-20-15-23(18-33-17-20)25-7-8-27-29(25,19-34-35-32)11-10-26-24-6-5-22(28(37)36-13-3-4-14-36)16-21(24)9-12-30(26,27)31/h5-7,15-17,26-27,33H,2-4,8-14,18-19,31H2,1H3/t26?,27?,29-,30-/m0/s1. The van der Waals surface area contributed by atoms with Crippen molar-refractivity contribution in [3.8, 4) is 0 Å². The smallest absolute Gasteiger partial charge is 0.253 e. The molecule has 2 fully saturated rings. The summed E-state index contributed by atoms with van der Waals surface area (Å²) in [7, 11) is 0. The van der Waals surface area contributed by atoms with Crippen molar-refractivity contribution in [3.05, 3.63) is 80.4 Å². The number of fused-ring (bicyclic) bond motifs is 5. The number of nitrogens with two attached hydrogens (primary N) is 1. The van der Waals surface area contributed by atoms with Gasteiger partial charge in [-0.1, -0.05) is 30.3 Å². The number of hydrogen-bond acceptors (Lipinski definition) is 4. The quantitative estimate of drug-likeness (QED) is 0.317. The summed E-state index contributed by atoms with van der Waals surface area (Å²) in [6.07, 6.45) is 14.7. The number of benzene rings is 1. The lowest BCUT2D eigenvalue weighted by atomic mass is 9.49. The maximum atomic E-state index is 13.0. The van der Waals surface area contributed by atoms with Gasteiger partial charge in [0.05, 0.1) is 0 Å². The average Bonchev–Trinajstić information content (AvgIpc) is 3.60. The minimum Gasteiger partial charge on any atom is -0.387 e. The molecule has 194 valence electrons. The number of nitrogens with zero attached hydrogens (tertiary/aromatic N) is 4. The van der Waals surface area contributed by atoms with Crippen LogP contribution in [0.5, 0.6) is 0 Å². The van der Waals surface area contributed by atoms with Gasteiger partial charge in [-0.3, -0.25) is 4.79 Å². The number of carbonyl (C=O) groups is 1. The van der Waals surface area contributed by atoms with Gasteiger partial charge in [0.1, 0.15) is 0 Å². The average molecular weight is 499 g/mol. The van der Waals surface area contributed by atoms with Gasteiger partial charge in [-0.25, -0.2) is 0 Å². The van der Waals surface area contributed by atoms with Crippen LogP contribution in [0.3, 0.4) is 0 Å². The van der Waals surface area contributed by atoms with E-state index in [1.165, 1.54) is 27.8 Å². The molecule has 37 heavy (non-hydrogen) atoms. The van der Waals surface area contributed by atoms with Gasteiger partial charge in [0.25, 0.3) is 5.91 Å². The molecule has 1 aromatic rings. The Morgan fingerprint density at radius 2 is 2.14 bits per heavy atom. The second-order valence-electron chi connectivity index (χ2n) is 11.7. The zero-order chi connectivity index (χ0) is 25.6. The number of likely N-dealkylation sites (tertiary alicyclic amines) is 1. The molecule has 2 heterocycles. The molecule has 7 nitrogen and oxygen atoms in total. The summed E-state index contributed by atoms with van der Waals surface area (Å²) in [5.74, 6) is 0.658. The molecule has 3 N–H and O–H groups in total. The van der Waals surface area contributed by atoms with Gasteiger partial charge >= 0.3 is 0 Å². The highest BCUT2D eigenvalue weighted by Gasteiger charge is 2.60. The molecule has 7 heteroatoms. The van der Waals surface area contributed by atoms with E-state index in [0.717, 1.165) is 76.6 Å². The molecule has 0 bridgehead atoms. The predicted octanol–water partition coefficient (Wildman–Crippen LogP) is 5.51. The highest BCUT2D eigenvalue weighted by atomic mass is 16.2. The fourth-order valence-electron chi connectivity index (χ4n) is 8.22. The van der Waals surface area contributed by atoms with E-state index in [4.69, 9.17) is 5.73 Å². The SMILES string of the molecule is CCC1=CNCC(C2=CCC3[C@]2(CN=[N+]=[N-])CCC2c4ccc(C(=O)N5CCCC5)cc4CC[C@]23N)=C1. The van der Waals surface area contributed by atoms with Crippen LogP contribution in [0.4, 0.5) is 0 Å². The third-order valence-corrected chi connectivity index (χ3v) is 10.0. The molecule has 0 radical (unpaired) electrons. The van der Waals surface area contributed by atoms with Crippen LogP contribution < -0.4 is 11.1 Å². The first-order valence-corrected chi connectivity index (χ1v) is 14.1. The number of rotatable bonds is 5. The van der Waals surface area contributed by atoms with Gasteiger partial charge in [-0.2, -0.15) is 0 Å². The van der Waals surface area contributed by atoms with E-state index < -0.39 is 0 Å². The maximum Gasteiger partial charge on any atom is 0.253 e. The molecule has 5 aliphatic rings. The third kappa shape index (κ3) is 3.82. The lowest BCUT2D eigenvalue weighted by molar-refractivity contribution is 0.0415. The molecule has 2 aliphatic heterocycles. The normalized spacial score (nSPS) is 32.2. The Bertz CT molecular complexity index is 1250. The number of aryl methyl sites for hydroxylation is 1. The Labute approximate surface area is 219 Å². The summed E-state index contributed by atoms with van der Waals surface area (Å²) in [5.41, 5.74) is 23.6. The fourth-order valence-corrected chi connectivity index (χ4v) is 8.22. The molecule has 6 rings (SSSR count). The van der Waals surface area contributed by atoms with Crippen LogP contribution in [0.1, 0.15) is 79.3 Å². The molecule has 4 atom stereocenters. The predicted molar refractivity (Wildman–Crippen MR) is 146 cm³/mol. The van der Waals surface area contributed by atoms with Crippen LogP contribution in [0.15, 0.2) is 58.4 Å². The second-order valence-corrected chi connectivity index (χ2v) is 11.7. The lowest BCUT2D eigenvalue weighted by Crippen LogP contribution is -2.62. The summed E-state index contributed by atoms with van der Waals surface area (Å²) in [4.78, 5) is 18.2. The number of carbonyl (C=O) groups excluding carboxylic acids is 1. The van der Waals surface area contributed by atoms with E-state index in [-0.39, 0.29) is 28.7 Å². The second kappa shape index (κ2) is 9.38. The zero-order valence-corrected chi connectivity index (χ0v) is 21.9. The first-order valence-electron chi connectivity index (χ1n) is 14.1. The monoisotopic (exact) mass is 498 g/mol. The van der Waals surface area contributed by atoms with Crippen LogP contribution in [0, 0.1) is 11.3 Å².